The average molecular weight is 422 g/mol. The average Bonchev–Trinajstić information content (AvgIpc) is 2.75. The molecule has 2 aromatic rings. The second-order valence-electron chi connectivity index (χ2n) is 8.38. The summed E-state index contributed by atoms with van der Waals surface area (Å²) in [5.74, 6) is -0.684. The lowest BCUT2D eigenvalue weighted by Gasteiger charge is -2.32. The van der Waals surface area contributed by atoms with Gasteiger partial charge in [-0.3, -0.25) is 14.4 Å². The number of nitrogens with one attached hydrogen (secondary N) is 2. The van der Waals surface area contributed by atoms with Gasteiger partial charge in [-0.2, -0.15) is 0 Å². The van der Waals surface area contributed by atoms with Gasteiger partial charge in [0.1, 0.15) is 0 Å². The Balaban J connectivity index is 1.50. The summed E-state index contributed by atoms with van der Waals surface area (Å²) >= 11 is 0. The SMILES string of the molecule is Cc1cc(C)c(NC(=O)CNC(=O)C2CCCN(C(=O)Cc3ccccc3)C2)c(C)c1. The first-order chi connectivity index (χ1) is 14.8. The van der Waals surface area contributed by atoms with Gasteiger partial charge in [-0.1, -0.05) is 48.0 Å². The molecule has 2 aromatic carbocycles. The number of rotatable bonds is 6. The van der Waals surface area contributed by atoms with Crippen molar-refractivity contribution in [2.45, 2.75) is 40.0 Å². The highest BCUT2D eigenvalue weighted by Crippen LogP contribution is 2.22. The van der Waals surface area contributed by atoms with Crippen LogP contribution in [0.1, 0.15) is 35.1 Å². The predicted molar refractivity (Wildman–Crippen MR) is 122 cm³/mol. The van der Waals surface area contributed by atoms with E-state index in [4.69, 9.17) is 0 Å². The van der Waals surface area contributed by atoms with Crippen LogP contribution in [0.5, 0.6) is 0 Å². The van der Waals surface area contributed by atoms with E-state index in [1.54, 1.807) is 4.90 Å². The van der Waals surface area contributed by atoms with Crippen molar-refractivity contribution in [3.8, 4) is 0 Å². The van der Waals surface area contributed by atoms with E-state index in [2.05, 4.69) is 10.6 Å². The van der Waals surface area contributed by atoms with Crippen LogP contribution in [0.3, 0.4) is 0 Å². The normalized spacial score (nSPS) is 16.0. The second-order valence-corrected chi connectivity index (χ2v) is 8.38. The van der Waals surface area contributed by atoms with Crippen molar-refractivity contribution in [1.29, 1.82) is 0 Å². The van der Waals surface area contributed by atoms with Gasteiger partial charge in [-0.25, -0.2) is 0 Å². The molecule has 0 aliphatic carbocycles. The molecule has 1 aliphatic heterocycles. The van der Waals surface area contributed by atoms with Crippen molar-refractivity contribution in [2.75, 3.05) is 25.0 Å². The minimum atomic E-state index is -0.288. The molecule has 1 atom stereocenters. The second kappa shape index (κ2) is 10.2. The number of anilines is 1. The number of hydrogen-bond donors (Lipinski definition) is 2. The fourth-order valence-electron chi connectivity index (χ4n) is 4.17. The molecule has 6 nitrogen and oxygen atoms in total. The van der Waals surface area contributed by atoms with Gasteiger partial charge >= 0.3 is 0 Å². The quantitative estimate of drug-likeness (QED) is 0.752. The number of carbonyl (C=O) groups is 3. The maximum Gasteiger partial charge on any atom is 0.243 e. The minimum absolute atomic E-state index is 0.0340. The van der Waals surface area contributed by atoms with Gasteiger partial charge in [0.05, 0.1) is 18.9 Å². The standard InChI is InChI=1S/C25H31N3O3/c1-17-12-18(2)24(19(3)13-17)27-22(29)15-26-25(31)21-10-7-11-28(16-21)23(30)14-20-8-5-4-6-9-20/h4-6,8-9,12-13,21H,7,10-11,14-16H2,1-3H3,(H,26,31)(H,27,29). The third-order valence-electron chi connectivity index (χ3n) is 5.71. The number of amides is 3. The molecular weight excluding hydrogens is 390 g/mol. The lowest BCUT2D eigenvalue weighted by Crippen LogP contribution is -2.47. The zero-order valence-electron chi connectivity index (χ0n) is 18.5. The molecule has 0 radical (unpaired) electrons. The summed E-state index contributed by atoms with van der Waals surface area (Å²) in [5, 5.41) is 5.64. The van der Waals surface area contributed by atoms with Crippen molar-refractivity contribution >= 4 is 23.4 Å². The van der Waals surface area contributed by atoms with Gasteiger partial charge in [0.2, 0.25) is 17.7 Å². The summed E-state index contributed by atoms with van der Waals surface area (Å²) in [4.78, 5) is 39.4. The molecular formula is C25H31N3O3. The highest BCUT2D eigenvalue weighted by molar-refractivity contribution is 5.96. The molecule has 6 heteroatoms. The topological polar surface area (TPSA) is 78.5 Å². The number of piperidine rings is 1. The lowest BCUT2D eigenvalue weighted by molar-refractivity contribution is -0.135. The zero-order valence-corrected chi connectivity index (χ0v) is 18.5. The maximum atomic E-state index is 12.6. The van der Waals surface area contributed by atoms with Crippen LogP contribution in [0.4, 0.5) is 5.69 Å². The van der Waals surface area contributed by atoms with E-state index in [9.17, 15) is 14.4 Å². The van der Waals surface area contributed by atoms with Gasteiger partial charge in [0.15, 0.2) is 0 Å². The Hall–Kier alpha value is -3.15. The molecule has 1 fully saturated rings. The van der Waals surface area contributed by atoms with E-state index in [1.807, 2.05) is 63.2 Å². The van der Waals surface area contributed by atoms with Crippen molar-refractivity contribution in [3.63, 3.8) is 0 Å². The Labute approximate surface area is 184 Å². The first-order valence-electron chi connectivity index (χ1n) is 10.8. The fraction of sp³-hybridized carbons (Fsp3) is 0.400. The van der Waals surface area contributed by atoms with Crippen molar-refractivity contribution < 1.29 is 14.4 Å². The predicted octanol–water partition coefficient (Wildman–Crippen LogP) is 3.15. The molecule has 164 valence electrons. The largest absolute Gasteiger partial charge is 0.347 e. The zero-order chi connectivity index (χ0) is 22.4. The number of carbonyl (C=O) groups excluding carboxylic acids is 3. The Bertz CT molecular complexity index is 933. The molecule has 2 N–H and O–H groups in total. The van der Waals surface area contributed by atoms with Crippen LogP contribution >= 0.6 is 0 Å². The van der Waals surface area contributed by atoms with Crippen LogP contribution in [0, 0.1) is 26.7 Å². The van der Waals surface area contributed by atoms with E-state index in [0.29, 0.717) is 19.5 Å². The van der Waals surface area contributed by atoms with Gasteiger partial charge in [-0.05, 0) is 50.3 Å². The summed E-state index contributed by atoms with van der Waals surface area (Å²) in [6.45, 7) is 6.91. The first kappa shape index (κ1) is 22.5. The maximum absolute atomic E-state index is 12.6. The summed E-state index contributed by atoms with van der Waals surface area (Å²) in [6.07, 6.45) is 1.85. The van der Waals surface area contributed by atoms with Crippen molar-refractivity contribution in [2.24, 2.45) is 5.92 Å². The molecule has 0 spiro atoms. The van der Waals surface area contributed by atoms with Crippen LogP contribution < -0.4 is 10.6 Å². The van der Waals surface area contributed by atoms with Crippen molar-refractivity contribution in [3.05, 3.63) is 64.7 Å². The lowest BCUT2D eigenvalue weighted by atomic mass is 9.96. The summed E-state index contributed by atoms with van der Waals surface area (Å²) in [7, 11) is 0. The van der Waals surface area contributed by atoms with Gasteiger partial charge in [0, 0.05) is 18.8 Å². The number of hydrogen-bond acceptors (Lipinski definition) is 3. The van der Waals surface area contributed by atoms with Crippen LogP contribution in [0.25, 0.3) is 0 Å². The Morgan fingerprint density at radius 3 is 2.39 bits per heavy atom. The molecule has 0 saturated carbocycles. The summed E-state index contributed by atoms with van der Waals surface area (Å²) < 4.78 is 0. The van der Waals surface area contributed by atoms with E-state index < -0.39 is 0 Å². The minimum Gasteiger partial charge on any atom is -0.347 e. The molecule has 1 aliphatic rings. The van der Waals surface area contributed by atoms with Crippen molar-refractivity contribution in [1.82, 2.24) is 10.2 Å². The van der Waals surface area contributed by atoms with Crippen LogP contribution in [-0.4, -0.2) is 42.3 Å². The summed E-state index contributed by atoms with van der Waals surface area (Å²) in [5.41, 5.74) is 4.90. The molecule has 31 heavy (non-hydrogen) atoms. The van der Waals surface area contributed by atoms with Crippen LogP contribution in [0.2, 0.25) is 0 Å². The van der Waals surface area contributed by atoms with Gasteiger partial charge < -0.3 is 15.5 Å². The Kier molecular flexibility index (Phi) is 7.45. The van der Waals surface area contributed by atoms with E-state index in [0.717, 1.165) is 40.8 Å². The molecule has 0 aromatic heterocycles. The Morgan fingerprint density at radius 1 is 1.03 bits per heavy atom. The molecule has 1 heterocycles. The van der Waals surface area contributed by atoms with E-state index in [1.165, 1.54) is 0 Å². The smallest absolute Gasteiger partial charge is 0.243 e. The fourth-order valence-corrected chi connectivity index (χ4v) is 4.17. The molecule has 0 bridgehead atoms. The number of aryl methyl sites for hydroxylation is 3. The van der Waals surface area contributed by atoms with Gasteiger partial charge in [0.25, 0.3) is 0 Å². The highest BCUT2D eigenvalue weighted by atomic mass is 16.2. The molecule has 3 amide bonds. The third kappa shape index (κ3) is 6.17. The van der Waals surface area contributed by atoms with E-state index >= 15 is 0 Å². The molecule has 3 rings (SSSR count). The van der Waals surface area contributed by atoms with Gasteiger partial charge in [-0.15, -0.1) is 0 Å². The van der Waals surface area contributed by atoms with Crippen LogP contribution in [-0.2, 0) is 20.8 Å². The Morgan fingerprint density at radius 2 is 1.71 bits per heavy atom. The van der Waals surface area contributed by atoms with E-state index in [-0.39, 0.29) is 30.2 Å². The monoisotopic (exact) mass is 421 g/mol. The molecule has 1 saturated heterocycles. The van der Waals surface area contributed by atoms with Crippen LogP contribution in [0.15, 0.2) is 42.5 Å². The third-order valence-corrected chi connectivity index (χ3v) is 5.71. The molecule has 1 unspecified atom stereocenters. The summed E-state index contributed by atoms with van der Waals surface area (Å²) in [6, 6.07) is 13.7. The highest BCUT2D eigenvalue weighted by Gasteiger charge is 2.28. The number of likely N-dealkylation sites (tertiary alicyclic amines) is 1. The number of nitrogens with zero attached hydrogens (tertiary/aromatic N) is 1. The number of benzene rings is 2. The first-order valence-corrected chi connectivity index (χ1v) is 10.8.